The lowest BCUT2D eigenvalue weighted by Crippen LogP contribution is -2.42. The van der Waals surface area contributed by atoms with E-state index in [9.17, 15) is 20.7 Å². The smallest absolute Gasteiger partial charge is 0.328 e. The van der Waals surface area contributed by atoms with Crippen LogP contribution < -0.4 is 4.72 Å². The zero-order chi connectivity index (χ0) is 14.4. The molecule has 0 saturated heterocycles. The van der Waals surface area contributed by atoms with Gasteiger partial charge in [-0.2, -0.15) is 21.6 Å². The van der Waals surface area contributed by atoms with Gasteiger partial charge in [0.25, 0.3) is 10.1 Å². The molecule has 0 rings (SSSR count). The molecule has 2 N–H and O–H groups in total. The molecular weight excluding hydrogens is 287 g/mol. The Bertz CT molecular complexity index is 446. The first-order valence-corrected chi connectivity index (χ1v) is 8.37. The van der Waals surface area contributed by atoms with Crippen molar-refractivity contribution in [3.05, 3.63) is 0 Å². The third-order valence-corrected chi connectivity index (χ3v) is 3.73. The molecule has 10 heteroatoms. The predicted molar refractivity (Wildman–Crippen MR) is 65.5 cm³/mol. The zero-order valence-electron chi connectivity index (χ0n) is 10.5. The van der Waals surface area contributed by atoms with Gasteiger partial charge in [-0.15, -0.1) is 0 Å². The Labute approximate surface area is 108 Å². The van der Waals surface area contributed by atoms with Crippen molar-refractivity contribution in [3.8, 4) is 0 Å². The molecule has 0 aromatic carbocycles. The quantitative estimate of drug-likeness (QED) is 0.260. The minimum atomic E-state index is -4.65. The van der Waals surface area contributed by atoms with Crippen molar-refractivity contribution in [1.82, 2.24) is 4.72 Å². The fourth-order valence-corrected chi connectivity index (χ4v) is 2.37. The number of rotatable bonds is 9. The molecule has 0 aromatic heterocycles. The van der Waals surface area contributed by atoms with E-state index in [2.05, 4.69) is 0 Å². The Morgan fingerprint density at radius 1 is 1.11 bits per heavy atom. The predicted octanol–water partition coefficient (Wildman–Crippen LogP) is -0.465. The lowest BCUT2D eigenvalue weighted by atomic mass is 10.3. The molecule has 0 aliphatic rings. The summed E-state index contributed by atoms with van der Waals surface area (Å²) < 4.78 is 64.2. The first kappa shape index (κ1) is 17.7. The molecule has 0 aromatic rings. The monoisotopic (exact) mass is 307 g/mol. The number of hydrogen-bond acceptors (Lipinski definition) is 4. The summed E-state index contributed by atoms with van der Waals surface area (Å²) in [7, 11) is -4.91. The topological polar surface area (TPSA) is 101 Å². The van der Waals surface area contributed by atoms with E-state index >= 15 is 0 Å². The summed E-state index contributed by atoms with van der Waals surface area (Å²) in [5.41, 5.74) is 0. The molecule has 0 unspecified atom stereocenters. The first-order valence-electron chi connectivity index (χ1n) is 5.38. The zero-order valence-corrected chi connectivity index (χ0v) is 12.1. The summed E-state index contributed by atoms with van der Waals surface area (Å²) in [5, 5.41) is 0. The van der Waals surface area contributed by atoms with Gasteiger partial charge in [0.05, 0.1) is 32.9 Å². The molecule has 7 nitrogen and oxygen atoms in total. The normalized spacial score (nSPS) is 13.8. The van der Waals surface area contributed by atoms with Gasteiger partial charge in [-0.05, 0) is 0 Å². The largest absolute Gasteiger partial charge is 0.372 e. The van der Waals surface area contributed by atoms with Crippen molar-refractivity contribution in [2.75, 3.05) is 39.5 Å². The molecule has 0 atom stereocenters. The van der Waals surface area contributed by atoms with Gasteiger partial charge in [0.2, 0.25) is 0 Å². The van der Waals surface area contributed by atoms with Gasteiger partial charge in [0.1, 0.15) is 0 Å². The molecular formula is C8H20FN2O5S2+. The van der Waals surface area contributed by atoms with Crippen molar-refractivity contribution in [2.24, 2.45) is 0 Å². The SMILES string of the molecule is C[N+](C)(CCCNS(=O)(=O)F)CCCS(=O)(=O)O. The second-order valence-corrected chi connectivity index (χ2v) is 7.44. The average molecular weight is 307 g/mol. The molecule has 110 valence electrons. The van der Waals surface area contributed by atoms with Gasteiger partial charge in [0.15, 0.2) is 0 Å². The van der Waals surface area contributed by atoms with Crippen molar-refractivity contribution >= 4 is 20.5 Å². The van der Waals surface area contributed by atoms with Crippen LogP contribution in [0, 0.1) is 0 Å². The number of nitrogens with zero attached hydrogens (tertiary/aromatic N) is 1. The average Bonchev–Trinajstić information content (AvgIpc) is 2.08. The Kier molecular flexibility index (Phi) is 6.65. The number of hydrogen-bond donors (Lipinski definition) is 2. The van der Waals surface area contributed by atoms with Gasteiger partial charge in [-0.1, -0.05) is 3.89 Å². The van der Waals surface area contributed by atoms with Crippen LogP contribution in [-0.2, 0) is 20.5 Å². The van der Waals surface area contributed by atoms with E-state index in [-0.39, 0.29) is 12.3 Å². The van der Waals surface area contributed by atoms with E-state index in [1.54, 1.807) is 4.72 Å². The maximum absolute atomic E-state index is 12.1. The maximum Gasteiger partial charge on any atom is 0.372 e. The van der Waals surface area contributed by atoms with Crippen LogP contribution in [0.1, 0.15) is 12.8 Å². The van der Waals surface area contributed by atoms with E-state index in [1.165, 1.54) is 0 Å². The van der Waals surface area contributed by atoms with Gasteiger partial charge >= 0.3 is 10.4 Å². The summed E-state index contributed by atoms with van der Waals surface area (Å²) >= 11 is 0. The second-order valence-electron chi connectivity index (χ2n) is 4.71. The lowest BCUT2D eigenvalue weighted by Gasteiger charge is -2.29. The van der Waals surface area contributed by atoms with Crippen LogP contribution >= 0.6 is 0 Å². The Hall–Kier alpha value is -0.290. The highest BCUT2D eigenvalue weighted by atomic mass is 32.3. The molecule has 0 spiro atoms. The summed E-state index contributed by atoms with van der Waals surface area (Å²) in [6.45, 7) is 1.08. The molecule has 0 heterocycles. The molecule has 0 saturated carbocycles. The van der Waals surface area contributed by atoms with E-state index in [1.807, 2.05) is 14.1 Å². The first-order chi connectivity index (χ1) is 7.91. The van der Waals surface area contributed by atoms with Crippen molar-refractivity contribution in [1.29, 1.82) is 0 Å². The van der Waals surface area contributed by atoms with Crippen LogP contribution in [0.15, 0.2) is 0 Å². The number of nitrogens with one attached hydrogen (secondary N) is 1. The standard InChI is InChI=1S/C8H19FN2O5S2/c1-11(2,7-4-8-17(12,13)14)6-3-5-10-18(9,15)16/h10H,3-8H2,1-2H3/p+1. The van der Waals surface area contributed by atoms with Crippen molar-refractivity contribution in [2.45, 2.75) is 12.8 Å². The molecule has 0 aliphatic carbocycles. The van der Waals surface area contributed by atoms with Crippen molar-refractivity contribution < 1.29 is 29.8 Å². The summed E-state index contributed by atoms with van der Waals surface area (Å²) in [6.07, 6.45) is 0.739. The van der Waals surface area contributed by atoms with Crippen LogP contribution in [0.4, 0.5) is 3.89 Å². The van der Waals surface area contributed by atoms with E-state index in [4.69, 9.17) is 4.55 Å². The highest BCUT2D eigenvalue weighted by Crippen LogP contribution is 2.02. The number of halogens is 1. The Morgan fingerprint density at radius 2 is 1.61 bits per heavy atom. The van der Waals surface area contributed by atoms with Crippen LogP contribution in [-0.4, -0.2) is 65.4 Å². The minimum absolute atomic E-state index is 0.00118. The van der Waals surface area contributed by atoms with Gasteiger partial charge < -0.3 is 4.48 Å². The Balaban J connectivity index is 3.87. The van der Waals surface area contributed by atoms with Gasteiger partial charge in [-0.3, -0.25) is 4.55 Å². The van der Waals surface area contributed by atoms with Gasteiger partial charge in [-0.25, -0.2) is 0 Å². The van der Waals surface area contributed by atoms with Crippen LogP contribution in [0.3, 0.4) is 0 Å². The van der Waals surface area contributed by atoms with Crippen LogP contribution in [0.25, 0.3) is 0 Å². The molecule has 0 aliphatic heterocycles. The third-order valence-electron chi connectivity index (χ3n) is 2.38. The third kappa shape index (κ3) is 12.2. The molecule has 0 bridgehead atoms. The summed E-state index contributed by atoms with van der Waals surface area (Å²) in [6, 6.07) is 0. The van der Waals surface area contributed by atoms with Crippen molar-refractivity contribution in [3.63, 3.8) is 0 Å². The van der Waals surface area contributed by atoms with E-state index < -0.39 is 20.5 Å². The molecule has 0 amide bonds. The summed E-state index contributed by atoms with van der Waals surface area (Å²) in [5.74, 6) is -0.300. The summed E-state index contributed by atoms with van der Waals surface area (Å²) in [4.78, 5) is 0. The highest BCUT2D eigenvalue weighted by molar-refractivity contribution is 7.85. The Morgan fingerprint density at radius 3 is 2.06 bits per heavy atom. The molecule has 18 heavy (non-hydrogen) atoms. The fourth-order valence-electron chi connectivity index (χ4n) is 1.49. The second kappa shape index (κ2) is 6.75. The van der Waals surface area contributed by atoms with Crippen LogP contribution in [0.5, 0.6) is 0 Å². The minimum Gasteiger partial charge on any atom is -0.328 e. The van der Waals surface area contributed by atoms with Crippen LogP contribution in [0.2, 0.25) is 0 Å². The lowest BCUT2D eigenvalue weighted by molar-refractivity contribution is -0.890. The van der Waals surface area contributed by atoms with Gasteiger partial charge in [0, 0.05) is 19.4 Å². The maximum atomic E-state index is 12.1. The van der Waals surface area contributed by atoms with E-state index in [0.717, 1.165) is 0 Å². The molecule has 0 radical (unpaired) electrons. The molecule has 0 fully saturated rings. The number of quaternary nitrogens is 1. The van der Waals surface area contributed by atoms with E-state index in [0.29, 0.717) is 30.4 Å². The highest BCUT2D eigenvalue weighted by Gasteiger charge is 2.16. The fraction of sp³-hybridized carbons (Fsp3) is 1.00.